The second kappa shape index (κ2) is 7.63. The van der Waals surface area contributed by atoms with E-state index >= 15 is 0 Å². The Kier molecular flexibility index (Phi) is 5.83. The normalized spacial score (nSPS) is 17.8. The van der Waals surface area contributed by atoms with Gasteiger partial charge in [-0.25, -0.2) is 0 Å². The predicted octanol–water partition coefficient (Wildman–Crippen LogP) is 1.80. The fourth-order valence-corrected chi connectivity index (χ4v) is 2.61. The van der Waals surface area contributed by atoms with Crippen LogP contribution in [-0.4, -0.2) is 62.8 Å². The standard InChI is InChI=1S/C16H26N2O/c1-15-4-3-5-16(14-15)6-7-17-8-10-18(11-9-17)12-13-19-2/h3-5,14H,6-13H2,1-2H3. The molecule has 1 heterocycles. The van der Waals surface area contributed by atoms with Crippen molar-refractivity contribution in [2.75, 3.05) is 53.0 Å². The van der Waals surface area contributed by atoms with Gasteiger partial charge in [-0.3, -0.25) is 4.90 Å². The Morgan fingerprint density at radius 3 is 2.37 bits per heavy atom. The van der Waals surface area contributed by atoms with Gasteiger partial charge in [0.05, 0.1) is 6.61 Å². The minimum atomic E-state index is 0.850. The van der Waals surface area contributed by atoms with Crippen LogP contribution in [0.5, 0.6) is 0 Å². The summed E-state index contributed by atoms with van der Waals surface area (Å²) in [6, 6.07) is 8.86. The van der Waals surface area contributed by atoms with E-state index in [9.17, 15) is 0 Å². The molecule has 0 spiro atoms. The van der Waals surface area contributed by atoms with Crippen molar-refractivity contribution in [1.29, 1.82) is 0 Å². The third-order valence-electron chi connectivity index (χ3n) is 3.88. The van der Waals surface area contributed by atoms with Gasteiger partial charge in [-0.15, -0.1) is 0 Å². The molecule has 19 heavy (non-hydrogen) atoms. The number of ether oxygens (including phenoxy) is 1. The zero-order chi connectivity index (χ0) is 13.5. The molecule has 0 radical (unpaired) electrons. The average molecular weight is 262 g/mol. The van der Waals surface area contributed by atoms with E-state index in [1.807, 2.05) is 0 Å². The van der Waals surface area contributed by atoms with Crippen molar-refractivity contribution in [1.82, 2.24) is 9.80 Å². The molecule has 0 aliphatic carbocycles. The van der Waals surface area contributed by atoms with Crippen LogP contribution < -0.4 is 0 Å². The third-order valence-corrected chi connectivity index (χ3v) is 3.88. The Morgan fingerprint density at radius 2 is 1.74 bits per heavy atom. The summed E-state index contributed by atoms with van der Waals surface area (Å²) in [5.74, 6) is 0. The highest BCUT2D eigenvalue weighted by molar-refractivity contribution is 5.22. The minimum absolute atomic E-state index is 0.850. The van der Waals surface area contributed by atoms with Crippen LogP contribution in [0.2, 0.25) is 0 Å². The van der Waals surface area contributed by atoms with Gasteiger partial charge in [0.2, 0.25) is 0 Å². The van der Waals surface area contributed by atoms with Crippen molar-refractivity contribution in [2.45, 2.75) is 13.3 Å². The number of nitrogens with zero attached hydrogens (tertiary/aromatic N) is 2. The van der Waals surface area contributed by atoms with E-state index < -0.39 is 0 Å². The second-order valence-corrected chi connectivity index (χ2v) is 5.42. The summed E-state index contributed by atoms with van der Waals surface area (Å²) in [4.78, 5) is 5.07. The van der Waals surface area contributed by atoms with Crippen molar-refractivity contribution in [3.8, 4) is 0 Å². The van der Waals surface area contributed by atoms with Crippen molar-refractivity contribution in [3.63, 3.8) is 0 Å². The van der Waals surface area contributed by atoms with E-state index in [0.717, 1.165) is 13.2 Å². The maximum Gasteiger partial charge on any atom is 0.0589 e. The Morgan fingerprint density at radius 1 is 1.05 bits per heavy atom. The molecule has 2 rings (SSSR count). The molecule has 0 saturated carbocycles. The number of piperazine rings is 1. The lowest BCUT2D eigenvalue weighted by Gasteiger charge is -2.34. The largest absolute Gasteiger partial charge is 0.383 e. The summed E-state index contributed by atoms with van der Waals surface area (Å²) >= 11 is 0. The molecule has 0 N–H and O–H groups in total. The van der Waals surface area contributed by atoms with Gasteiger partial charge in [0.25, 0.3) is 0 Å². The topological polar surface area (TPSA) is 15.7 Å². The number of rotatable bonds is 6. The Balaban J connectivity index is 1.68. The molecule has 0 unspecified atom stereocenters. The van der Waals surface area contributed by atoms with Crippen molar-refractivity contribution < 1.29 is 4.74 Å². The van der Waals surface area contributed by atoms with Gasteiger partial charge in [-0.1, -0.05) is 29.8 Å². The lowest BCUT2D eigenvalue weighted by atomic mass is 10.1. The van der Waals surface area contributed by atoms with Crippen LogP contribution in [0, 0.1) is 6.92 Å². The first-order chi connectivity index (χ1) is 9.28. The molecule has 0 aromatic heterocycles. The second-order valence-electron chi connectivity index (χ2n) is 5.42. The van der Waals surface area contributed by atoms with Gasteiger partial charge in [-0.05, 0) is 18.9 Å². The Hall–Kier alpha value is -0.900. The molecular weight excluding hydrogens is 236 g/mol. The maximum absolute atomic E-state index is 5.13. The van der Waals surface area contributed by atoms with E-state index in [1.54, 1.807) is 7.11 Å². The molecule has 1 aliphatic rings. The molecule has 3 nitrogen and oxygen atoms in total. The molecule has 0 amide bonds. The van der Waals surface area contributed by atoms with E-state index in [1.165, 1.54) is 50.3 Å². The summed E-state index contributed by atoms with van der Waals surface area (Å²) < 4.78 is 5.13. The first-order valence-electron chi connectivity index (χ1n) is 7.27. The molecule has 1 aromatic rings. The quantitative estimate of drug-likeness (QED) is 0.777. The van der Waals surface area contributed by atoms with Gasteiger partial charge in [-0.2, -0.15) is 0 Å². The van der Waals surface area contributed by atoms with E-state index in [-0.39, 0.29) is 0 Å². The lowest BCUT2D eigenvalue weighted by Crippen LogP contribution is -2.47. The maximum atomic E-state index is 5.13. The minimum Gasteiger partial charge on any atom is -0.383 e. The first-order valence-corrected chi connectivity index (χ1v) is 7.27. The number of aryl methyl sites for hydroxylation is 1. The molecule has 0 bridgehead atoms. The van der Waals surface area contributed by atoms with Crippen molar-refractivity contribution in [2.24, 2.45) is 0 Å². The Labute approximate surface area is 117 Å². The molecule has 3 heteroatoms. The van der Waals surface area contributed by atoms with Gasteiger partial charge < -0.3 is 9.64 Å². The molecule has 1 saturated heterocycles. The van der Waals surface area contributed by atoms with E-state index in [2.05, 4.69) is 41.0 Å². The van der Waals surface area contributed by atoms with Crippen LogP contribution in [0.1, 0.15) is 11.1 Å². The van der Waals surface area contributed by atoms with Crippen molar-refractivity contribution in [3.05, 3.63) is 35.4 Å². The lowest BCUT2D eigenvalue weighted by molar-refractivity contribution is 0.0976. The van der Waals surface area contributed by atoms with Gasteiger partial charge in [0, 0.05) is 46.4 Å². The highest BCUT2D eigenvalue weighted by Gasteiger charge is 2.15. The zero-order valence-electron chi connectivity index (χ0n) is 12.3. The predicted molar refractivity (Wildman–Crippen MR) is 79.6 cm³/mol. The summed E-state index contributed by atoms with van der Waals surface area (Å²) in [5.41, 5.74) is 2.82. The highest BCUT2D eigenvalue weighted by Crippen LogP contribution is 2.07. The highest BCUT2D eigenvalue weighted by atomic mass is 16.5. The third kappa shape index (κ3) is 4.94. The van der Waals surface area contributed by atoms with Crippen LogP contribution >= 0.6 is 0 Å². The number of hydrogen-bond donors (Lipinski definition) is 0. The smallest absolute Gasteiger partial charge is 0.0589 e. The fraction of sp³-hybridized carbons (Fsp3) is 0.625. The molecule has 1 aromatic carbocycles. The summed E-state index contributed by atoms with van der Waals surface area (Å²) in [5, 5.41) is 0. The zero-order valence-corrected chi connectivity index (χ0v) is 12.3. The molecular formula is C16H26N2O. The van der Waals surface area contributed by atoms with Crippen molar-refractivity contribution >= 4 is 0 Å². The molecule has 1 fully saturated rings. The fourth-order valence-electron chi connectivity index (χ4n) is 2.61. The van der Waals surface area contributed by atoms with Gasteiger partial charge in [0.15, 0.2) is 0 Å². The van der Waals surface area contributed by atoms with Crippen LogP contribution in [0.25, 0.3) is 0 Å². The number of benzene rings is 1. The van der Waals surface area contributed by atoms with E-state index in [0.29, 0.717) is 0 Å². The summed E-state index contributed by atoms with van der Waals surface area (Å²) in [7, 11) is 1.78. The SMILES string of the molecule is COCCN1CCN(CCc2cccc(C)c2)CC1. The van der Waals surface area contributed by atoms with Crippen LogP contribution in [0.4, 0.5) is 0 Å². The van der Waals surface area contributed by atoms with Gasteiger partial charge >= 0.3 is 0 Å². The number of hydrogen-bond acceptors (Lipinski definition) is 3. The van der Waals surface area contributed by atoms with Crippen LogP contribution in [-0.2, 0) is 11.2 Å². The summed E-state index contributed by atoms with van der Waals surface area (Å²) in [6.07, 6.45) is 1.17. The number of methoxy groups -OCH3 is 1. The van der Waals surface area contributed by atoms with Crippen LogP contribution in [0.3, 0.4) is 0 Å². The monoisotopic (exact) mass is 262 g/mol. The van der Waals surface area contributed by atoms with E-state index in [4.69, 9.17) is 4.74 Å². The Bertz CT molecular complexity index is 373. The first kappa shape index (κ1) is 14.5. The molecule has 1 aliphatic heterocycles. The molecule has 106 valence electrons. The molecule has 0 atom stereocenters. The van der Waals surface area contributed by atoms with Crippen LogP contribution in [0.15, 0.2) is 24.3 Å². The van der Waals surface area contributed by atoms with Gasteiger partial charge in [0.1, 0.15) is 0 Å². The summed E-state index contributed by atoms with van der Waals surface area (Å²) in [6.45, 7) is 10.0. The average Bonchev–Trinajstić information content (AvgIpc) is 2.44.